The molecule has 4 rings (SSSR count). The molecule has 1 aliphatic heterocycles. The van der Waals surface area contributed by atoms with Gasteiger partial charge in [-0.25, -0.2) is 15.8 Å². The van der Waals surface area contributed by atoms with Crippen LogP contribution in [-0.2, 0) is 0 Å². The number of thiazole rings is 1. The van der Waals surface area contributed by atoms with Crippen molar-refractivity contribution in [1.82, 2.24) is 31.1 Å². The lowest BCUT2D eigenvalue weighted by atomic mass is 10.2. The molecule has 3 aromatic rings. The Labute approximate surface area is 153 Å². The molecular weight excluding hydrogens is 356 g/mol. The number of carbonyl (C=O) groups is 1. The van der Waals surface area contributed by atoms with Crippen LogP contribution >= 0.6 is 23.1 Å². The van der Waals surface area contributed by atoms with Crippen LogP contribution in [0.4, 0.5) is 0 Å². The zero-order valence-corrected chi connectivity index (χ0v) is 15.0. The summed E-state index contributed by atoms with van der Waals surface area (Å²) in [7, 11) is 0. The second kappa shape index (κ2) is 7.54. The number of amides is 1. The highest BCUT2D eigenvalue weighted by molar-refractivity contribution is 7.99. The van der Waals surface area contributed by atoms with E-state index < -0.39 is 0 Å². The smallest absolute Gasteiger partial charge is 0.269 e. The van der Waals surface area contributed by atoms with Crippen molar-refractivity contribution in [3.05, 3.63) is 47.6 Å². The molecule has 1 unspecified atom stereocenters. The zero-order chi connectivity index (χ0) is 17.1. The number of imidazole rings is 1. The fraction of sp³-hybridized carbons (Fsp3) is 0.250. The molecule has 0 bridgehead atoms. The Morgan fingerprint density at radius 1 is 1.40 bits per heavy atom. The predicted molar refractivity (Wildman–Crippen MR) is 101 cm³/mol. The first-order valence-electron chi connectivity index (χ1n) is 7.96. The van der Waals surface area contributed by atoms with E-state index in [1.54, 1.807) is 11.8 Å². The lowest BCUT2D eigenvalue weighted by Gasteiger charge is -2.08. The number of fused-ring (bicyclic) bond motifs is 1. The van der Waals surface area contributed by atoms with Crippen LogP contribution in [0.25, 0.3) is 16.2 Å². The van der Waals surface area contributed by atoms with Crippen LogP contribution in [0.5, 0.6) is 0 Å². The Kier molecular flexibility index (Phi) is 4.99. The molecule has 7 nitrogen and oxygen atoms in total. The van der Waals surface area contributed by atoms with Gasteiger partial charge in [0.25, 0.3) is 5.91 Å². The summed E-state index contributed by atoms with van der Waals surface area (Å²) < 4.78 is 1.86. The zero-order valence-electron chi connectivity index (χ0n) is 13.4. The third-order valence-corrected chi connectivity index (χ3v) is 5.79. The molecular formula is C16H18N6OS2. The molecule has 1 saturated heterocycles. The molecule has 130 valence electrons. The lowest BCUT2D eigenvalue weighted by Crippen LogP contribution is -2.33. The Morgan fingerprint density at radius 2 is 2.28 bits per heavy atom. The Balaban J connectivity index is 1.40. The molecule has 1 aliphatic rings. The minimum atomic E-state index is -0.0699. The second-order valence-electron chi connectivity index (χ2n) is 5.53. The molecule has 1 atom stereocenters. The van der Waals surface area contributed by atoms with E-state index >= 15 is 0 Å². The number of aromatic nitrogens is 2. The van der Waals surface area contributed by atoms with Crippen molar-refractivity contribution in [3.8, 4) is 11.3 Å². The van der Waals surface area contributed by atoms with Crippen LogP contribution in [0.1, 0.15) is 10.5 Å². The fourth-order valence-electron chi connectivity index (χ4n) is 2.58. The maximum atomic E-state index is 12.5. The largest absolute Gasteiger partial charge is 0.350 e. The highest BCUT2D eigenvalue weighted by Crippen LogP contribution is 2.23. The van der Waals surface area contributed by atoms with Crippen LogP contribution in [0, 0.1) is 0 Å². The van der Waals surface area contributed by atoms with E-state index in [0.29, 0.717) is 17.6 Å². The molecule has 9 heteroatoms. The number of benzene rings is 1. The van der Waals surface area contributed by atoms with Crippen LogP contribution in [0.3, 0.4) is 0 Å². The molecule has 1 aromatic carbocycles. The fourth-order valence-corrected chi connectivity index (χ4v) is 4.28. The van der Waals surface area contributed by atoms with Crippen LogP contribution in [-0.4, -0.2) is 39.5 Å². The SMILES string of the molecule is O=C(NCCSC1CNNN1)c1csc2nc(-c3ccccc3)cn12. The Morgan fingerprint density at radius 3 is 3.08 bits per heavy atom. The molecule has 0 radical (unpaired) electrons. The summed E-state index contributed by atoms with van der Waals surface area (Å²) in [5.74, 6) is 0.777. The molecule has 0 aliphatic carbocycles. The minimum Gasteiger partial charge on any atom is -0.350 e. The lowest BCUT2D eigenvalue weighted by molar-refractivity contribution is 0.0950. The molecule has 0 spiro atoms. The topological polar surface area (TPSA) is 82.5 Å². The van der Waals surface area contributed by atoms with Crippen molar-refractivity contribution < 1.29 is 4.79 Å². The standard InChI is InChI=1S/C16H18N6OS2/c23-15(17-6-7-24-14-8-18-21-20-14)13-10-25-16-19-12(9-22(13)16)11-4-2-1-3-5-11/h1-5,9-10,14,18,20-21H,6-8H2,(H,17,23). The third-order valence-electron chi connectivity index (χ3n) is 3.83. The molecule has 3 heterocycles. The van der Waals surface area contributed by atoms with Crippen molar-refractivity contribution in [2.45, 2.75) is 5.37 Å². The summed E-state index contributed by atoms with van der Waals surface area (Å²) in [6.45, 7) is 1.49. The van der Waals surface area contributed by atoms with Gasteiger partial charge in [-0.1, -0.05) is 30.3 Å². The number of hydrazine groups is 2. The van der Waals surface area contributed by atoms with Crippen LogP contribution in [0.2, 0.25) is 0 Å². The Bertz CT molecular complexity index is 856. The van der Waals surface area contributed by atoms with Gasteiger partial charge in [0.15, 0.2) is 4.96 Å². The minimum absolute atomic E-state index is 0.0699. The van der Waals surface area contributed by atoms with Gasteiger partial charge in [0, 0.05) is 36.0 Å². The molecule has 0 saturated carbocycles. The van der Waals surface area contributed by atoms with Gasteiger partial charge < -0.3 is 5.32 Å². The Hall–Kier alpha value is -1.91. The number of rotatable bonds is 6. The number of thioether (sulfide) groups is 1. The van der Waals surface area contributed by atoms with E-state index in [2.05, 4.69) is 26.7 Å². The summed E-state index contributed by atoms with van der Waals surface area (Å²) in [4.78, 5) is 17.9. The van der Waals surface area contributed by atoms with Gasteiger partial charge in [0.2, 0.25) is 0 Å². The predicted octanol–water partition coefficient (Wildman–Crippen LogP) is 1.46. The highest BCUT2D eigenvalue weighted by atomic mass is 32.2. The van der Waals surface area contributed by atoms with Gasteiger partial charge in [-0.2, -0.15) is 5.53 Å². The van der Waals surface area contributed by atoms with Crippen molar-refractivity contribution in [2.75, 3.05) is 18.8 Å². The molecule has 2 aromatic heterocycles. The van der Waals surface area contributed by atoms with E-state index in [9.17, 15) is 4.79 Å². The normalized spacial score (nSPS) is 17.2. The van der Waals surface area contributed by atoms with E-state index in [-0.39, 0.29) is 5.91 Å². The summed E-state index contributed by atoms with van der Waals surface area (Å²) in [6.07, 6.45) is 1.92. The average Bonchev–Trinajstić information content (AvgIpc) is 3.36. The van der Waals surface area contributed by atoms with E-state index in [1.165, 1.54) is 11.3 Å². The third kappa shape index (κ3) is 3.70. The first kappa shape index (κ1) is 16.6. The van der Waals surface area contributed by atoms with Crippen molar-refractivity contribution in [1.29, 1.82) is 0 Å². The van der Waals surface area contributed by atoms with Gasteiger partial charge in [-0.15, -0.1) is 23.1 Å². The number of carbonyl (C=O) groups excluding carboxylic acids is 1. The van der Waals surface area contributed by atoms with Gasteiger partial charge in [-0.05, 0) is 0 Å². The summed E-state index contributed by atoms with van der Waals surface area (Å²) in [6, 6.07) is 9.98. The van der Waals surface area contributed by atoms with Crippen LogP contribution < -0.4 is 21.7 Å². The van der Waals surface area contributed by atoms with Crippen molar-refractivity contribution in [3.63, 3.8) is 0 Å². The summed E-state index contributed by atoms with van der Waals surface area (Å²) in [5.41, 5.74) is 11.5. The van der Waals surface area contributed by atoms with Crippen LogP contribution in [0.15, 0.2) is 41.9 Å². The monoisotopic (exact) mass is 374 g/mol. The second-order valence-corrected chi connectivity index (χ2v) is 7.68. The maximum Gasteiger partial charge on any atom is 0.269 e. The number of nitrogens with zero attached hydrogens (tertiary/aromatic N) is 2. The van der Waals surface area contributed by atoms with Gasteiger partial charge in [0.1, 0.15) is 5.69 Å². The maximum absolute atomic E-state index is 12.5. The van der Waals surface area contributed by atoms with Crippen molar-refractivity contribution in [2.24, 2.45) is 0 Å². The van der Waals surface area contributed by atoms with Crippen molar-refractivity contribution >= 4 is 34.0 Å². The number of nitrogens with one attached hydrogen (secondary N) is 4. The summed E-state index contributed by atoms with van der Waals surface area (Å²) in [5, 5.41) is 5.16. The number of hydrogen-bond acceptors (Lipinski definition) is 7. The quantitative estimate of drug-likeness (QED) is 0.489. The number of hydrogen-bond donors (Lipinski definition) is 4. The van der Waals surface area contributed by atoms with Gasteiger partial charge in [0.05, 0.1) is 11.1 Å². The molecule has 1 fully saturated rings. The van der Waals surface area contributed by atoms with E-state index in [4.69, 9.17) is 0 Å². The van der Waals surface area contributed by atoms with E-state index in [0.717, 1.165) is 28.5 Å². The van der Waals surface area contributed by atoms with Gasteiger partial charge >= 0.3 is 0 Å². The first-order valence-corrected chi connectivity index (χ1v) is 9.89. The molecule has 1 amide bonds. The molecule has 4 N–H and O–H groups in total. The summed E-state index contributed by atoms with van der Waals surface area (Å²) >= 11 is 3.24. The van der Waals surface area contributed by atoms with Gasteiger partial charge in [-0.3, -0.25) is 9.20 Å². The molecule has 25 heavy (non-hydrogen) atoms. The average molecular weight is 374 g/mol. The van der Waals surface area contributed by atoms with E-state index in [1.807, 2.05) is 46.3 Å². The highest BCUT2D eigenvalue weighted by Gasteiger charge is 2.16. The first-order chi connectivity index (χ1) is 12.3.